The van der Waals surface area contributed by atoms with Crippen LogP contribution >= 0.6 is 0 Å². The first-order valence-corrected chi connectivity index (χ1v) is 13.5. The Morgan fingerprint density at radius 1 is 1.03 bits per heavy atom. The van der Waals surface area contributed by atoms with Gasteiger partial charge in [-0.05, 0) is 88.7 Å². The van der Waals surface area contributed by atoms with Crippen LogP contribution in [0, 0.1) is 5.41 Å². The molecule has 37 heavy (non-hydrogen) atoms. The Balaban J connectivity index is 1.32. The third kappa shape index (κ3) is 4.80. The smallest absolute Gasteiger partial charge is 0.410 e. The molecular weight excluding hydrogens is 472 g/mol. The zero-order valence-electron chi connectivity index (χ0n) is 22.3. The minimum Gasteiger partial charge on any atom is -0.444 e. The van der Waals surface area contributed by atoms with Crippen LogP contribution in [0.4, 0.5) is 4.79 Å². The number of rotatable bonds is 2. The molecule has 5 rings (SSSR count). The van der Waals surface area contributed by atoms with Crippen LogP contribution in [0.3, 0.4) is 0 Å². The Morgan fingerprint density at radius 3 is 2.32 bits per heavy atom. The molecule has 0 bridgehead atoms. The van der Waals surface area contributed by atoms with Crippen molar-refractivity contribution in [3.05, 3.63) is 34.2 Å². The fourth-order valence-corrected chi connectivity index (χ4v) is 6.56. The number of aryl methyl sites for hydroxylation is 1. The highest BCUT2D eigenvalue weighted by molar-refractivity contribution is 6.00. The van der Waals surface area contributed by atoms with Gasteiger partial charge in [-0.3, -0.25) is 24.0 Å². The molecule has 1 atom stereocenters. The summed E-state index contributed by atoms with van der Waals surface area (Å²) < 4.78 is 8.79. The number of carbonyl (C=O) groups excluding carboxylic acids is 3. The van der Waals surface area contributed by atoms with E-state index in [1.807, 2.05) is 37.8 Å². The van der Waals surface area contributed by atoms with Gasteiger partial charge in [0.25, 0.3) is 0 Å². The zero-order valence-corrected chi connectivity index (χ0v) is 22.3. The summed E-state index contributed by atoms with van der Waals surface area (Å²) in [6.45, 7) is 7.16. The first-order chi connectivity index (χ1) is 17.5. The number of carbonyl (C=O) groups is 3. The number of imidazole rings is 1. The van der Waals surface area contributed by atoms with Crippen LogP contribution in [0.2, 0.25) is 0 Å². The first-order valence-electron chi connectivity index (χ1n) is 13.5. The van der Waals surface area contributed by atoms with Crippen molar-refractivity contribution in [1.82, 2.24) is 19.4 Å². The SMILES string of the molecule is Cn1c(=O)n(C2CCC(=O)NC2=O)c2cccc(C3CCC4(CC3)CCN(C(=O)OC(C)(C)C)CC4)c21. The third-order valence-corrected chi connectivity index (χ3v) is 8.62. The van der Waals surface area contributed by atoms with E-state index in [-0.39, 0.29) is 29.5 Å². The average molecular weight is 511 g/mol. The topological polar surface area (TPSA) is 103 Å². The zero-order chi connectivity index (χ0) is 26.5. The molecule has 3 aliphatic rings. The summed E-state index contributed by atoms with van der Waals surface area (Å²) in [4.78, 5) is 51.8. The van der Waals surface area contributed by atoms with Crippen molar-refractivity contribution in [2.75, 3.05) is 13.1 Å². The van der Waals surface area contributed by atoms with E-state index in [0.717, 1.165) is 68.2 Å². The van der Waals surface area contributed by atoms with Crippen molar-refractivity contribution in [3.8, 4) is 0 Å². The summed E-state index contributed by atoms with van der Waals surface area (Å²) in [6, 6.07) is 5.32. The molecule has 3 heterocycles. The van der Waals surface area contributed by atoms with Crippen LogP contribution in [-0.4, -0.2) is 50.6 Å². The van der Waals surface area contributed by atoms with Crippen molar-refractivity contribution in [3.63, 3.8) is 0 Å². The maximum atomic E-state index is 13.3. The maximum Gasteiger partial charge on any atom is 0.410 e. The van der Waals surface area contributed by atoms with Crippen LogP contribution in [0.15, 0.2) is 23.0 Å². The van der Waals surface area contributed by atoms with Gasteiger partial charge in [0, 0.05) is 26.6 Å². The summed E-state index contributed by atoms with van der Waals surface area (Å²) >= 11 is 0. The molecule has 1 aromatic heterocycles. The van der Waals surface area contributed by atoms with Gasteiger partial charge in [0.05, 0.1) is 11.0 Å². The van der Waals surface area contributed by atoms with Crippen LogP contribution in [0.25, 0.3) is 11.0 Å². The van der Waals surface area contributed by atoms with E-state index in [1.165, 1.54) is 0 Å². The molecule has 2 aromatic rings. The van der Waals surface area contributed by atoms with Crippen LogP contribution < -0.4 is 11.0 Å². The Morgan fingerprint density at radius 2 is 1.70 bits per heavy atom. The molecular formula is C28H38N4O5. The molecule has 1 unspecified atom stereocenters. The number of para-hydroxylation sites is 1. The molecule has 9 nitrogen and oxygen atoms in total. The predicted octanol–water partition coefficient (Wildman–Crippen LogP) is 3.99. The van der Waals surface area contributed by atoms with Crippen molar-refractivity contribution >= 4 is 28.9 Å². The molecule has 2 saturated heterocycles. The lowest BCUT2D eigenvalue weighted by Gasteiger charge is -2.46. The third-order valence-electron chi connectivity index (χ3n) is 8.62. The summed E-state index contributed by atoms with van der Waals surface area (Å²) in [6.07, 6.45) is 6.59. The molecule has 0 radical (unpaired) electrons. The van der Waals surface area contributed by atoms with Gasteiger partial charge in [-0.2, -0.15) is 0 Å². The lowest BCUT2D eigenvalue weighted by molar-refractivity contribution is -0.135. The molecule has 1 aliphatic carbocycles. The summed E-state index contributed by atoms with van der Waals surface area (Å²) in [5, 5.41) is 2.38. The molecule has 3 fully saturated rings. The van der Waals surface area contributed by atoms with Crippen molar-refractivity contribution in [2.45, 2.75) is 89.7 Å². The highest BCUT2D eigenvalue weighted by Gasteiger charge is 2.41. The Kier molecular flexibility index (Phi) is 6.44. The second-order valence-corrected chi connectivity index (χ2v) is 12.1. The van der Waals surface area contributed by atoms with E-state index in [9.17, 15) is 19.2 Å². The van der Waals surface area contributed by atoms with Gasteiger partial charge in [-0.15, -0.1) is 0 Å². The Bertz CT molecular complexity index is 1280. The minimum absolute atomic E-state index is 0.218. The number of ether oxygens (including phenoxy) is 1. The number of amides is 3. The molecule has 1 saturated carbocycles. The van der Waals surface area contributed by atoms with E-state index < -0.39 is 17.6 Å². The van der Waals surface area contributed by atoms with Gasteiger partial charge >= 0.3 is 11.8 Å². The van der Waals surface area contributed by atoms with Gasteiger partial charge in [0.2, 0.25) is 11.8 Å². The number of fused-ring (bicyclic) bond motifs is 1. The quantitative estimate of drug-likeness (QED) is 0.616. The minimum atomic E-state index is -0.672. The van der Waals surface area contributed by atoms with Crippen LogP contribution in [0.1, 0.15) is 89.7 Å². The van der Waals surface area contributed by atoms with Crippen LogP contribution in [-0.2, 0) is 21.4 Å². The highest BCUT2D eigenvalue weighted by Crippen LogP contribution is 2.49. The number of hydrogen-bond acceptors (Lipinski definition) is 5. The Labute approximate surface area is 217 Å². The average Bonchev–Trinajstić information content (AvgIpc) is 3.09. The molecule has 1 spiro atoms. The van der Waals surface area contributed by atoms with Crippen LogP contribution in [0.5, 0.6) is 0 Å². The highest BCUT2D eigenvalue weighted by atomic mass is 16.6. The van der Waals surface area contributed by atoms with Gasteiger partial charge in [-0.25, -0.2) is 9.59 Å². The Hall–Kier alpha value is -3.10. The second kappa shape index (κ2) is 9.33. The maximum absolute atomic E-state index is 13.3. The fourth-order valence-electron chi connectivity index (χ4n) is 6.56. The first kappa shape index (κ1) is 25.5. The van der Waals surface area contributed by atoms with Gasteiger partial charge in [0.1, 0.15) is 11.6 Å². The number of piperidine rings is 2. The molecule has 9 heteroatoms. The van der Waals surface area contributed by atoms with E-state index in [2.05, 4.69) is 11.4 Å². The van der Waals surface area contributed by atoms with E-state index in [1.54, 1.807) is 16.2 Å². The summed E-state index contributed by atoms with van der Waals surface area (Å²) in [5.41, 5.74) is 2.35. The molecule has 1 aromatic carbocycles. The molecule has 2 aliphatic heterocycles. The summed E-state index contributed by atoms with van der Waals surface area (Å²) in [5.74, 6) is -0.363. The standard InChI is InChI=1S/C28H38N4O5/c1-27(2,3)37-26(36)31-16-14-28(15-17-31)12-10-18(11-13-28)19-6-5-7-20-23(19)30(4)25(35)32(20)21-8-9-22(33)29-24(21)34/h5-7,18,21H,8-17H2,1-4H3,(H,29,33,34). The number of benzene rings is 1. The number of nitrogens with one attached hydrogen (secondary N) is 1. The second-order valence-electron chi connectivity index (χ2n) is 12.1. The van der Waals surface area contributed by atoms with E-state index in [0.29, 0.717) is 12.3 Å². The normalized spacial score (nSPS) is 22.9. The van der Waals surface area contributed by atoms with Crippen molar-refractivity contribution < 1.29 is 19.1 Å². The number of hydrogen-bond donors (Lipinski definition) is 1. The molecule has 3 amide bonds. The lowest BCUT2D eigenvalue weighted by atomic mass is 9.64. The fraction of sp³-hybridized carbons (Fsp3) is 0.643. The number of nitrogens with zero attached hydrogens (tertiary/aromatic N) is 3. The number of likely N-dealkylation sites (tertiary alicyclic amines) is 1. The molecule has 200 valence electrons. The van der Waals surface area contributed by atoms with Gasteiger partial charge in [0.15, 0.2) is 0 Å². The lowest BCUT2D eigenvalue weighted by Crippen LogP contribution is -2.46. The van der Waals surface area contributed by atoms with Gasteiger partial charge in [-0.1, -0.05) is 12.1 Å². The monoisotopic (exact) mass is 510 g/mol. The largest absolute Gasteiger partial charge is 0.444 e. The predicted molar refractivity (Wildman–Crippen MR) is 139 cm³/mol. The van der Waals surface area contributed by atoms with Crippen molar-refractivity contribution in [2.24, 2.45) is 12.5 Å². The number of imide groups is 1. The summed E-state index contributed by atoms with van der Waals surface area (Å²) in [7, 11) is 1.77. The van der Waals surface area contributed by atoms with Gasteiger partial charge < -0.3 is 9.64 Å². The van der Waals surface area contributed by atoms with E-state index >= 15 is 0 Å². The van der Waals surface area contributed by atoms with Crippen molar-refractivity contribution in [1.29, 1.82) is 0 Å². The van der Waals surface area contributed by atoms with E-state index in [4.69, 9.17) is 4.74 Å². The molecule has 1 N–H and O–H groups in total. The number of aromatic nitrogens is 2.